The summed E-state index contributed by atoms with van der Waals surface area (Å²) in [6.07, 6.45) is 2.04. The van der Waals surface area contributed by atoms with Gasteiger partial charge < -0.3 is 15.1 Å². The Bertz CT molecular complexity index is 445. The number of benzene rings is 1. The number of carboxylic acids is 1. The summed E-state index contributed by atoms with van der Waals surface area (Å²) in [5.74, 6) is 1.66. The van der Waals surface area contributed by atoms with E-state index in [-0.39, 0.29) is 13.5 Å². The van der Waals surface area contributed by atoms with E-state index in [1.807, 2.05) is 25.0 Å². The highest BCUT2D eigenvalue weighted by Gasteiger charge is 2.12. The van der Waals surface area contributed by atoms with Crippen LogP contribution in [-0.4, -0.2) is 24.5 Å². The van der Waals surface area contributed by atoms with Gasteiger partial charge in [-0.3, -0.25) is 0 Å². The van der Waals surface area contributed by atoms with E-state index in [0.29, 0.717) is 5.75 Å². The molecular weight excluding hydrogens is 205 g/mol. The molecular formula is C11H12BNO3. The van der Waals surface area contributed by atoms with Crippen LogP contribution >= 0.6 is 0 Å². The average molecular weight is 217 g/mol. The van der Waals surface area contributed by atoms with Gasteiger partial charge in [0, 0.05) is 11.8 Å². The van der Waals surface area contributed by atoms with Crippen molar-refractivity contribution in [3.8, 4) is 5.75 Å². The van der Waals surface area contributed by atoms with Crippen molar-refractivity contribution in [3.05, 3.63) is 29.7 Å². The molecule has 0 spiro atoms. The zero-order valence-electron chi connectivity index (χ0n) is 8.93. The van der Waals surface area contributed by atoms with Crippen LogP contribution in [0.3, 0.4) is 0 Å². The lowest BCUT2D eigenvalue weighted by molar-refractivity contribution is -0.139. The summed E-state index contributed by atoms with van der Waals surface area (Å²) >= 11 is 0. The molecule has 0 amide bonds. The minimum absolute atomic E-state index is 0.280. The SMILES string of the molecule is CB1C=Cc2ccc(OCC(=O)O)cc2N1. The number of fused-ring (bicyclic) bond motifs is 1. The van der Waals surface area contributed by atoms with Crippen molar-refractivity contribution in [2.45, 2.75) is 6.82 Å². The molecule has 0 fully saturated rings. The van der Waals surface area contributed by atoms with Crippen molar-refractivity contribution >= 4 is 24.6 Å². The molecule has 16 heavy (non-hydrogen) atoms. The monoisotopic (exact) mass is 217 g/mol. The van der Waals surface area contributed by atoms with Crippen LogP contribution in [0, 0.1) is 0 Å². The van der Waals surface area contributed by atoms with E-state index in [1.54, 1.807) is 6.07 Å². The van der Waals surface area contributed by atoms with Gasteiger partial charge in [0.15, 0.2) is 6.61 Å². The highest BCUT2D eigenvalue weighted by Crippen LogP contribution is 2.26. The molecule has 0 bridgehead atoms. The zero-order valence-corrected chi connectivity index (χ0v) is 8.93. The van der Waals surface area contributed by atoms with E-state index in [9.17, 15) is 4.79 Å². The van der Waals surface area contributed by atoms with Crippen molar-refractivity contribution in [1.82, 2.24) is 0 Å². The van der Waals surface area contributed by atoms with E-state index >= 15 is 0 Å². The van der Waals surface area contributed by atoms with E-state index in [4.69, 9.17) is 9.84 Å². The molecule has 1 heterocycles. The fourth-order valence-corrected chi connectivity index (χ4v) is 1.58. The second kappa shape index (κ2) is 4.30. The minimum Gasteiger partial charge on any atom is -0.482 e. The van der Waals surface area contributed by atoms with Crippen LogP contribution in [0.2, 0.25) is 6.82 Å². The number of hydrogen-bond donors (Lipinski definition) is 2. The van der Waals surface area contributed by atoms with Crippen LogP contribution in [0.5, 0.6) is 5.75 Å². The first-order chi connectivity index (χ1) is 7.65. The van der Waals surface area contributed by atoms with Crippen LogP contribution in [0.4, 0.5) is 5.69 Å². The third-order valence-corrected chi connectivity index (χ3v) is 2.33. The highest BCUT2D eigenvalue weighted by molar-refractivity contribution is 6.67. The molecule has 2 rings (SSSR count). The molecule has 0 radical (unpaired) electrons. The summed E-state index contributed by atoms with van der Waals surface area (Å²) in [5, 5.41) is 11.8. The first kappa shape index (κ1) is 10.6. The van der Waals surface area contributed by atoms with E-state index in [1.165, 1.54) is 0 Å². The second-order valence-electron chi connectivity index (χ2n) is 3.72. The van der Waals surface area contributed by atoms with E-state index in [2.05, 4.69) is 11.2 Å². The molecule has 1 aliphatic rings. The number of carboxylic acid groups (broad SMARTS) is 1. The Balaban J connectivity index is 2.16. The Morgan fingerprint density at radius 2 is 2.38 bits per heavy atom. The molecule has 0 saturated heterocycles. The van der Waals surface area contributed by atoms with Gasteiger partial charge in [0.25, 0.3) is 6.85 Å². The van der Waals surface area contributed by atoms with E-state index < -0.39 is 5.97 Å². The lowest BCUT2D eigenvalue weighted by Crippen LogP contribution is -2.21. The number of carbonyl (C=O) groups is 1. The molecule has 1 aliphatic heterocycles. The molecule has 1 aromatic rings. The maximum atomic E-state index is 10.4. The molecule has 4 nitrogen and oxygen atoms in total. The Kier molecular flexibility index (Phi) is 2.85. The lowest BCUT2D eigenvalue weighted by atomic mass is 9.63. The van der Waals surface area contributed by atoms with Crippen LogP contribution in [0.1, 0.15) is 5.56 Å². The predicted octanol–water partition coefficient (Wildman–Crippen LogP) is 1.75. The molecule has 0 atom stereocenters. The fourth-order valence-electron chi connectivity index (χ4n) is 1.58. The van der Waals surface area contributed by atoms with Crippen LogP contribution in [-0.2, 0) is 4.79 Å². The number of aliphatic carboxylic acids is 1. The Hall–Kier alpha value is -1.91. The molecule has 0 aliphatic carbocycles. The summed E-state index contributed by atoms with van der Waals surface area (Å²) in [6, 6.07) is 5.49. The van der Waals surface area contributed by atoms with Gasteiger partial charge in [-0.15, -0.1) is 0 Å². The van der Waals surface area contributed by atoms with Crippen molar-refractivity contribution in [2.24, 2.45) is 0 Å². The topological polar surface area (TPSA) is 58.6 Å². The number of ether oxygens (including phenoxy) is 1. The highest BCUT2D eigenvalue weighted by atomic mass is 16.5. The number of hydrogen-bond acceptors (Lipinski definition) is 3. The summed E-state index contributed by atoms with van der Waals surface area (Å²) in [4.78, 5) is 10.4. The molecule has 1 aromatic carbocycles. The molecule has 2 N–H and O–H groups in total. The summed E-state index contributed by atoms with van der Waals surface area (Å²) < 4.78 is 5.11. The van der Waals surface area contributed by atoms with Crippen LogP contribution < -0.4 is 9.96 Å². The second-order valence-corrected chi connectivity index (χ2v) is 3.72. The lowest BCUT2D eigenvalue weighted by Gasteiger charge is -2.17. The minimum atomic E-state index is -0.973. The van der Waals surface area contributed by atoms with Gasteiger partial charge in [-0.05, 0) is 17.7 Å². The number of rotatable bonds is 3. The van der Waals surface area contributed by atoms with Gasteiger partial charge in [-0.25, -0.2) is 4.79 Å². The largest absolute Gasteiger partial charge is 0.482 e. The maximum Gasteiger partial charge on any atom is 0.341 e. The third kappa shape index (κ3) is 2.36. The quantitative estimate of drug-likeness (QED) is 0.757. The first-order valence-corrected chi connectivity index (χ1v) is 5.08. The maximum absolute atomic E-state index is 10.4. The van der Waals surface area contributed by atoms with Crippen LogP contribution in [0.25, 0.3) is 6.08 Å². The smallest absolute Gasteiger partial charge is 0.341 e. The first-order valence-electron chi connectivity index (χ1n) is 5.08. The summed E-state index contributed by atoms with van der Waals surface area (Å²) in [6.45, 7) is 2.01. The average Bonchev–Trinajstić information content (AvgIpc) is 2.25. The Morgan fingerprint density at radius 1 is 1.56 bits per heavy atom. The van der Waals surface area contributed by atoms with Gasteiger partial charge in [-0.2, -0.15) is 0 Å². The van der Waals surface area contributed by atoms with Gasteiger partial charge >= 0.3 is 5.97 Å². The molecule has 82 valence electrons. The summed E-state index contributed by atoms with van der Waals surface area (Å²) in [7, 11) is 0. The van der Waals surface area contributed by atoms with Gasteiger partial charge in [0.05, 0.1) is 0 Å². The molecule has 5 heteroatoms. The van der Waals surface area contributed by atoms with Crippen molar-refractivity contribution in [3.63, 3.8) is 0 Å². The standard InChI is InChI=1S/C11H12BNO3/c1-12-5-4-8-2-3-9(6-10(8)13-12)16-7-11(14)15/h2-6,13H,7H2,1H3,(H,14,15). The van der Waals surface area contributed by atoms with Crippen molar-refractivity contribution in [2.75, 3.05) is 11.8 Å². The molecule has 0 aromatic heterocycles. The van der Waals surface area contributed by atoms with Gasteiger partial charge in [-0.1, -0.05) is 18.9 Å². The fraction of sp³-hybridized carbons (Fsp3) is 0.182. The third-order valence-electron chi connectivity index (χ3n) is 2.33. The van der Waals surface area contributed by atoms with Gasteiger partial charge in [0.1, 0.15) is 5.75 Å². The number of nitrogens with one attached hydrogen (secondary N) is 1. The van der Waals surface area contributed by atoms with Gasteiger partial charge in [0.2, 0.25) is 0 Å². The predicted molar refractivity (Wildman–Crippen MR) is 63.8 cm³/mol. The Morgan fingerprint density at radius 3 is 3.12 bits per heavy atom. The van der Waals surface area contributed by atoms with Crippen molar-refractivity contribution in [1.29, 1.82) is 0 Å². The summed E-state index contributed by atoms with van der Waals surface area (Å²) in [5.41, 5.74) is 2.05. The van der Waals surface area contributed by atoms with Crippen LogP contribution in [0.15, 0.2) is 24.2 Å². The van der Waals surface area contributed by atoms with E-state index in [0.717, 1.165) is 11.3 Å². The normalized spacial score (nSPS) is 12.9. The zero-order chi connectivity index (χ0) is 11.5. The van der Waals surface area contributed by atoms with Crippen molar-refractivity contribution < 1.29 is 14.6 Å². The molecule has 0 unspecified atom stereocenters. The Labute approximate surface area is 94.0 Å². The molecule has 0 saturated carbocycles. The number of anilines is 1.